The fourth-order valence-corrected chi connectivity index (χ4v) is 4.50. The topological polar surface area (TPSA) is 15.3 Å². The molecule has 2 saturated heterocycles. The summed E-state index contributed by atoms with van der Waals surface area (Å²) in [6.45, 7) is 5.83. The first-order valence-electron chi connectivity index (χ1n) is 8.88. The van der Waals surface area contributed by atoms with E-state index in [-0.39, 0.29) is 0 Å². The van der Waals surface area contributed by atoms with E-state index in [1.165, 1.54) is 50.6 Å². The zero-order valence-electron chi connectivity index (χ0n) is 13.6. The van der Waals surface area contributed by atoms with Crippen LogP contribution in [0.2, 0.25) is 0 Å². The molecule has 2 fully saturated rings. The zero-order valence-corrected chi connectivity index (χ0v) is 13.6. The normalized spacial score (nSPS) is 29.8. The Morgan fingerprint density at radius 2 is 1.76 bits per heavy atom. The van der Waals surface area contributed by atoms with Crippen LogP contribution in [0, 0.1) is 0 Å². The van der Waals surface area contributed by atoms with Gasteiger partial charge in [-0.05, 0) is 44.2 Å². The molecule has 0 saturated carbocycles. The summed E-state index contributed by atoms with van der Waals surface area (Å²) in [6, 6.07) is 14.1. The molecular formula is C19H30N2. The number of hydrogen-bond donors (Lipinski definition) is 1. The smallest absolute Gasteiger partial charge is 0.0350 e. The Labute approximate surface area is 129 Å². The van der Waals surface area contributed by atoms with Crippen LogP contribution >= 0.6 is 0 Å². The van der Waals surface area contributed by atoms with Crippen LogP contribution < -0.4 is 5.32 Å². The van der Waals surface area contributed by atoms with Gasteiger partial charge in [0.2, 0.25) is 0 Å². The molecule has 0 aliphatic carbocycles. The van der Waals surface area contributed by atoms with Crippen molar-refractivity contribution in [1.82, 2.24) is 10.2 Å². The highest BCUT2D eigenvalue weighted by atomic mass is 15.2. The maximum absolute atomic E-state index is 3.78. The van der Waals surface area contributed by atoms with Gasteiger partial charge in [0.25, 0.3) is 0 Å². The van der Waals surface area contributed by atoms with E-state index < -0.39 is 0 Å². The van der Waals surface area contributed by atoms with Gasteiger partial charge >= 0.3 is 0 Å². The molecule has 2 aliphatic rings. The maximum atomic E-state index is 3.78. The Morgan fingerprint density at radius 3 is 2.33 bits per heavy atom. The Hall–Kier alpha value is -0.860. The van der Waals surface area contributed by atoms with Gasteiger partial charge in [0.1, 0.15) is 0 Å². The Morgan fingerprint density at radius 1 is 1.10 bits per heavy atom. The highest BCUT2D eigenvalue weighted by Gasteiger charge is 2.37. The number of hydrogen-bond acceptors (Lipinski definition) is 2. The van der Waals surface area contributed by atoms with Gasteiger partial charge in [-0.3, -0.25) is 4.90 Å². The molecule has 0 radical (unpaired) electrons. The maximum Gasteiger partial charge on any atom is 0.0350 e. The molecule has 1 N–H and O–H groups in total. The molecule has 0 aromatic heterocycles. The van der Waals surface area contributed by atoms with Crippen molar-refractivity contribution in [2.45, 2.75) is 76.5 Å². The van der Waals surface area contributed by atoms with E-state index in [9.17, 15) is 0 Å². The lowest BCUT2D eigenvalue weighted by atomic mass is 9.93. The second kappa shape index (κ2) is 6.93. The van der Waals surface area contributed by atoms with E-state index in [0.29, 0.717) is 6.04 Å². The Balaban J connectivity index is 1.78. The molecule has 21 heavy (non-hydrogen) atoms. The fourth-order valence-electron chi connectivity index (χ4n) is 4.50. The van der Waals surface area contributed by atoms with Crippen molar-refractivity contribution in [2.75, 3.05) is 6.54 Å². The van der Waals surface area contributed by atoms with Crippen LogP contribution in [0.25, 0.3) is 0 Å². The van der Waals surface area contributed by atoms with E-state index in [1.54, 1.807) is 0 Å². The minimum absolute atomic E-state index is 0.601. The van der Waals surface area contributed by atoms with Gasteiger partial charge in [-0.15, -0.1) is 0 Å². The molecule has 0 amide bonds. The summed E-state index contributed by atoms with van der Waals surface area (Å²) in [6.07, 6.45) is 8.00. The van der Waals surface area contributed by atoms with Crippen LogP contribution in [0.4, 0.5) is 0 Å². The number of rotatable bonds is 6. The lowest BCUT2D eigenvalue weighted by molar-refractivity contribution is 0.0937. The van der Waals surface area contributed by atoms with Crippen LogP contribution in [0.1, 0.15) is 64.0 Å². The minimum Gasteiger partial charge on any atom is -0.311 e. The van der Waals surface area contributed by atoms with Gasteiger partial charge in [-0.25, -0.2) is 0 Å². The fraction of sp³-hybridized carbons (Fsp3) is 0.684. The summed E-state index contributed by atoms with van der Waals surface area (Å²) >= 11 is 0. The summed E-state index contributed by atoms with van der Waals surface area (Å²) in [5, 5.41) is 3.78. The SMILES string of the molecule is CCCC(c1ccccc1)N(CC)C1CC2CCC(C1)N2. The molecule has 116 valence electrons. The second-order valence-corrected chi connectivity index (χ2v) is 6.81. The van der Waals surface area contributed by atoms with Crippen LogP contribution in [0.3, 0.4) is 0 Å². The van der Waals surface area contributed by atoms with Crippen molar-refractivity contribution in [3.05, 3.63) is 35.9 Å². The third-order valence-corrected chi connectivity index (χ3v) is 5.43. The van der Waals surface area contributed by atoms with Gasteiger partial charge in [0.05, 0.1) is 0 Å². The zero-order chi connectivity index (χ0) is 14.7. The van der Waals surface area contributed by atoms with Crippen molar-refractivity contribution in [3.8, 4) is 0 Å². The highest BCUT2D eigenvalue weighted by Crippen LogP contribution is 2.35. The van der Waals surface area contributed by atoms with Gasteiger partial charge in [-0.2, -0.15) is 0 Å². The molecule has 1 aromatic rings. The molecule has 1 aromatic carbocycles. The predicted octanol–water partition coefficient (Wildman–Crippen LogP) is 4.13. The number of nitrogens with zero attached hydrogens (tertiary/aromatic N) is 1. The first-order chi connectivity index (χ1) is 10.3. The van der Waals surface area contributed by atoms with Gasteiger partial charge in [0.15, 0.2) is 0 Å². The summed E-state index contributed by atoms with van der Waals surface area (Å²) < 4.78 is 0. The Kier molecular flexibility index (Phi) is 4.97. The molecule has 2 nitrogen and oxygen atoms in total. The third kappa shape index (κ3) is 3.32. The van der Waals surface area contributed by atoms with Gasteiger partial charge < -0.3 is 5.32 Å². The van der Waals surface area contributed by atoms with Crippen molar-refractivity contribution in [2.24, 2.45) is 0 Å². The number of fused-ring (bicyclic) bond motifs is 2. The summed E-state index contributed by atoms with van der Waals surface area (Å²) in [4.78, 5) is 2.80. The second-order valence-electron chi connectivity index (χ2n) is 6.81. The molecule has 3 unspecified atom stereocenters. The van der Waals surface area contributed by atoms with E-state index in [0.717, 1.165) is 18.1 Å². The third-order valence-electron chi connectivity index (χ3n) is 5.43. The van der Waals surface area contributed by atoms with Gasteiger partial charge in [0, 0.05) is 24.2 Å². The molecule has 3 rings (SSSR count). The van der Waals surface area contributed by atoms with Crippen molar-refractivity contribution in [1.29, 1.82) is 0 Å². The summed E-state index contributed by atoms with van der Waals surface area (Å²) in [5.41, 5.74) is 1.51. The minimum atomic E-state index is 0.601. The van der Waals surface area contributed by atoms with E-state index in [1.807, 2.05) is 0 Å². The average Bonchev–Trinajstić information content (AvgIpc) is 2.86. The van der Waals surface area contributed by atoms with E-state index >= 15 is 0 Å². The number of benzene rings is 1. The molecule has 2 bridgehead atoms. The lowest BCUT2D eigenvalue weighted by Crippen LogP contribution is -2.49. The lowest BCUT2D eigenvalue weighted by Gasteiger charge is -2.42. The van der Waals surface area contributed by atoms with E-state index in [2.05, 4.69) is 54.4 Å². The molecule has 0 spiro atoms. The predicted molar refractivity (Wildman–Crippen MR) is 89.4 cm³/mol. The first-order valence-corrected chi connectivity index (χ1v) is 8.88. The average molecular weight is 286 g/mol. The monoisotopic (exact) mass is 286 g/mol. The first kappa shape index (κ1) is 15.1. The quantitative estimate of drug-likeness (QED) is 0.846. The van der Waals surface area contributed by atoms with Crippen molar-refractivity contribution < 1.29 is 0 Å². The van der Waals surface area contributed by atoms with Gasteiger partial charge in [-0.1, -0.05) is 50.6 Å². The van der Waals surface area contributed by atoms with E-state index in [4.69, 9.17) is 0 Å². The number of piperidine rings is 1. The van der Waals surface area contributed by atoms with Crippen molar-refractivity contribution in [3.63, 3.8) is 0 Å². The standard InChI is InChI=1S/C19H30N2/c1-3-8-19(15-9-6-5-7-10-15)21(4-2)18-13-16-11-12-17(14-18)20-16/h5-7,9-10,16-20H,3-4,8,11-14H2,1-2H3. The highest BCUT2D eigenvalue weighted by molar-refractivity contribution is 5.19. The van der Waals surface area contributed by atoms with Crippen LogP contribution in [0.15, 0.2) is 30.3 Å². The Bertz CT molecular complexity index is 418. The number of nitrogens with one attached hydrogen (secondary N) is 1. The summed E-state index contributed by atoms with van der Waals surface area (Å²) in [5.74, 6) is 0. The van der Waals surface area contributed by atoms with Crippen LogP contribution in [-0.4, -0.2) is 29.6 Å². The van der Waals surface area contributed by atoms with Crippen LogP contribution in [0.5, 0.6) is 0 Å². The summed E-state index contributed by atoms with van der Waals surface area (Å²) in [7, 11) is 0. The molecule has 2 aliphatic heterocycles. The largest absolute Gasteiger partial charge is 0.311 e. The van der Waals surface area contributed by atoms with Crippen molar-refractivity contribution >= 4 is 0 Å². The molecule has 2 heteroatoms. The molecule has 3 atom stereocenters. The molecular weight excluding hydrogens is 256 g/mol. The van der Waals surface area contributed by atoms with Crippen LogP contribution in [-0.2, 0) is 0 Å². The molecule has 2 heterocycles.